The molecule has 1 N–H and O–H groups in total. The van der Waals surface area contributed by atoms with Crippen LogP contribution in [0, 0.1) is 0 Å². The summed E-state index contributed by atoms with van der Waals surface area (Å²) >= 11 is 0. The lowest BCUT2D eigenvalue weighted by atomic mass is 10.3. The van der Waals surface area contributed by atoms with Gasteiger partial charge in [0.1, 0.15) is 0 Å². The number of hydrogen-bond acceptors (Lipinski definition) is 5. The van der Waals surface area contributed by atoms with Crippen molar-refractivity contribution in [3.05, 3.63) is 22.7 Å². The first-order valence-electron chi connectivity index (χ1n) is 5.80. The zero-order chi connectivity index (χ0) is 12.1. The van der Waals surface area contributed by atoms with Crippen LogP contribution in [0.15, 0.2) is 17.2 Å². The van der Waals surface area contributed by atoms with Gasteiger partial charge in [-0.1, -0.05) is 0 Å². The highest BCUT2D eigenvalue weighted by Crippen LogP contribution is 2.01. The van der Waals surface area contributed by atoms with Crippen LogP contribution in [0.25, 0.3) is 0 Å². The van der Waals surface area contributed by atoms with Gasteiger partial charge < -0.3 is 19.4 Å². The monoisotopic (exact) mass is 239 g/mol. The molecule has 1 aliphatic rings. The molecule has 6 heteroatoms. The topological polar surface area (TPSA) is 65.4 Å². The maximum absolute atomic E-state index is 11.8. The zero-order valence-corrected chi connectivity index (χ0v) is 9.89. The predicted octanol–water partition coefficient (Wildman–Crippen LogP) is 0.0905. The SMILES string of the molecule is CCn1ccnc(NCC2COCCO2)c1=O. The normalized spacial score (nSPS) is 20.2. The lowest BCUT2D eigenvalue weighted by Crippen LogP contribution is -2.36. The van der Waals surface area contributed by atoms with Crippen molar-refractivity contribution >= 4 is 5.82 Å². The molecule has 17 heavy (non-hydrogen) atoms. The summed E-state index contributed by atoms with van der Waals surface area (Å²) in [4.78, 5) is 15.9. The molecular formula is C11H17N3O3. The molecule has 0 spiro atoms. The molecule has 1 aliphatic heterocycles. The molecule has 1 aromatic rings. The summed E-state index contributed by atoms with van der Waals surface area (Å²) in [5.41, 5.74) is -0.105. The molecule has 1 unspecified atom stereocenters. The van der Waals surface area contributed by atoms with Crippen LogP contribution in [-0.4, -0.2) is 42.0 Å². The summed E-state index contributed by atoms with van der Waals surface area (Å²) in [5, 5.41) is 3.01. The van der Waals surface area contributed by atoms with Gasteiger partial charge in [0.15, 0.2) is 5.82 Å². The van der Waals surface area contributed by atoms with Gasteiger partial charge in [-0.3, -0.25) is 4.79 Å². The number of anilines is 1. The van der Waals surface area contributed by atoms with Crippen molar-refractivity contribution in [2.75, 3.05) is 31.7 Å². The second-order valence-electron chi connectivity index (χ2n) is 3.82. The first-order chi connectivity index (χ1) is 8.31. The number of ether oxygens (including phenoxy) is 2. The van der Waals surface area contributed by atoms with Crippen LogP contribution in [0.1, 0.15) is 6.92 Å². The van der Waals surface area contributed by atoms with E-state index in [0.29, 0.717) is 38.7 Å². The van der Waals surface area contributed by atoms with E-state index in [1.165, 1.54) is 0 Å². The van der Waals surface area contributed by atoms with Gasteiger partial charge in [0.05, 0.1) is 25.9 Å². The summed E-state index contributed by atoms with van der Waals surface area (Å²) < 4.78 is 12.4. The minimum absolute atomic E-state index is 0.0137. The molecular weight excluding hydrogens is 222 g/mol. The maximum atomic E-state index is 11.8. The Morgan fingerprint density at radius 3 is 3.18 bits per heavy atom. The van der Waals surface area contributed by atoms with E-state index < -0.39 is 0 Å². The number of nitrogens with zero attached hydrogens (tertiary/aromatic N) is 2. The van der Waals surface area contributed by atoms with E-state index in [1.54, 1.807) is 17.0 Å². The van der Waals surface area contributed by atoms with Gasteiger partial charge in [-0.25, -0.2) is 4.98 Å². The van der Waals surface area contributed by atoms with E-state index in [-0.39, 0.29) is 11.7 Å². The Kier molecular flexibility index (Phi) is 4.11. The highest BCUT2D eigenvalue weighted by molar-refractivity contribution is 5.30. The number of hydrogen-bond donors (Lipinski definition) is 1. The predicted molar refractivity (Wildman–Crippen MR) is 63.2 cm³/mol. The Bertz CT molecular complexity index is 413. The summed E-state index contributed by atoms with van der Waals surface area (Å²) in [7, 11) is 0. The van der Waals surface area contributed by atoms with Gasteiger partial charge in [-0.05, 0) is 6.92 Å². The average Bonchev–Trinajstić information content (AvgIpc) is 2.39. The second-order valence-corrected chi connectivity index (χ2v) is 3.82. The van der Waals surface area contributed by atoms with Crippen molar-refractivity contribution in [2.45, 2.75) is 19.6 Å². The Labute approximate surface area is 99.6 Å². The fourth-order valence-electron chi connectivity index (χ4n) is 1.68. The van der Waals surface area contributed by atoms with E-state index in [0.717, 1.165) is 0 Å². The number of aryl methyl sites for hydroxylation is 1. The molecule has 1 saturated heterocycles. The van der Waals surface area contributed by atoms with E-state index in [4.69, 9.17) is 9.47 Å². The fourth-order valence-corrected chi connectivity index (χ4v) is 1.68. The summed E-state index contributed by atoms with van der Waals surface area (Å²) in [6.07, 6.45) is 3.28. The first-order valence-corrected chi connectivity index (χ1v) is 5.80. The van der Waals surface area contributed by atoms with Gasteiger partial charge in [-0.2, -0.15) is 0 Å². The summed E-state index contributed by atoms with van der Waals surface area (Å²) in [5.74, 6) is 0.364. The highest BCUT2D eigenvalue weighted by atomic mass is 16.6. The smallest absolute Gasteiger partial charge is 0.293 e. The number of rotatable bonds is 4. The fraction of sp³-hybridized carbons (Fsp3) is 0.636. The Morgan fingerprint density at radius 1 is 1.59 bits per heavy atom. The van der Waals surface area contributed by atoms with Crippen molar-refractivity contribution in [3.8, 4) is 0 Å². The van der Waals surface area contributed by atoms with Gasteiger partial charge in [0.25, 0.3) is 5.56 Å². The van der Waals surface area contributed by atoms with E-state index in [2.05, 4.69) is 10.3 Å². The van der Waals surface area contributed by atoms with Gasteiger partial charge in [0.2, 0.25) is 0 Å². The molecule has 0 amide bonds. The molecule has 2 rings (SSSR count). The van der Waals surface area contributed by atoms with Gasteiger partial charge in [0, 0.05) is 25.5 Å². The van der Waals surface area contributed by atoms with Crippen LogP contribution in [-0.2, 0) is 16.0 Å². The van der Waals surface area contributed by atoms with Crippen LogP contribution < -0.4 is 10.9 Å². The maximum Gasteiger partial charge on any atom is 0.293 e. The van der Waals surface area contributed by atoms with Crippen molar-refractivity contribution in [2.24, 2.45) is 0 Å². The van der Waals surface area contributed by atoms with Crippen molar-refractivity contribution in [1.82, 2.24) is 9.55 Å². The second kappa shape index (κ2) is 5.79. The molecule has 0 aromatic carbocycles. The van der Waals surface area contributed by atoms with E-state index >= 15 is 0 Å². The Hall–Kier alpha value is -1.40. The number of aromatic nitrogens is 2. The van der Waals surface area contributed by atoms with Gasteiger partial charge >= 0.3 is 0 Å². The lowest BCUT2D eigenvalue weighted by Gasteiger charge is -2.23. The molecule has 0 aliphatic carbocycles. The minimum atomic E-state index is -0.105. The molecule has 0 saturated carbocycles. The minimum Gasteiger partial charge on any atom is -0.376 e. The van der Waals surface area contributed by atoms with Crippen molar-refractivity contribution < 1.29 is 9.47 Å². The standard InChI is InChI=1S/C11H17N3O3/c1-2-14-4-3-12-10(11(14)15)13-7-9-8-16-5-6-17-9/h3-4,9H,2,5-8H2,1H3,(H,12,13). The lowest BCUT2D eigenvalue weighted by molar-refractivity contribution is -0.0819. The molecule has 1 aromatic heterocycles. The first kappa shape index (κ1) is 12.1. The number of nitrogens with one attached hydrogen (secondary N) is 1. The Morgan fingerprint density at radius 2 is 2.47 bits per heavy atom. The van der Waals surface area contributed by atoms with Gasteiger partial charge in [-0.15, -0.1) is 0 Å². The third-order valence-electron chi connectivity index (χ3n) is 2.64. The van der Waals surface area contributed by atoms with Crippen LogP contribution in [0.5, 0.6) is 0 Å². The third kappa shape index (κ3) is 3.04. The van der Waals surface area contributed by atoms with Crippen LogP contribution in [0.3, 0.4) is 0 Å². The van der Waals surface area contributed by atoms with E-state index in [9.17, 15) is 4.79 Å². The molecule has 6 nitrogen and oxygen atoms in total. The zero-order valence-electron chi connectivity index (χ0n) is 9.89. The third-order valence-corrected chi connectivity index (χ3v) is 2.64. The summed E-state index contributed by atoms with van der Waals surface area (Å²) in [6.45, 7) is 4.90. The molecule has 1 atom stereocenters. The average molecular weight is 239 g/mol. The molecule has 2 heterocycles. The highest BCUT2D eigenvalue weighted by Gasteiger charge is 2.14. The van der Waals surface area contributed by atoms with Crippen LogP contribution >= 0.6 is 0 Å². The van der Waals surface area contributed by atoms with Crippen LogP contribution in [0.2, 0.25) is 0 Å². The van der Waals surface area contributed by atoms with Crippen molar-refractivity contribution in [3.63, 3.8) is 0 Å². The quantitative estimate of drug-likeness (QED) is 0.806. The summed E-state index contributed by atoms with van der Waals surface area (Å²) in [6, 6.07) is 0. The molecule has 0 bridgehead atoms. The largest absolute Gasteiger partial charge is 0.376 e. The Balaban J connectivity index is 1.96. The molecule has 1 fully saturated rings. The molecule has 0 radical (unpaired) electrons. The van der Waals surface area contributed by atoms with E-state index in [1.807, 2.05) is 6.92 Å². The van der Waals surface area contributed by atoms with Crippen LogP contribution in [0.4, 0.5) is 5.82 Å². The van der Waals surface area contributed by atoms with Crippen molar-refractivity contribution in [1.29, 1.82) is 0 Å². The molecule has 94 valence electrons.